The van der Waals surface area contributed by atoms with E-state index in [9.17, 15) is 4.79 Å². The van der Waals surface area contributed by atoms with Gasteiger partial charge in [-0.25, -0.2) is 10.2 Å². The van der Waals surface area contributed by atoms with Crippen molar-refractivity contribution in [2.45, 2.75) is 58.6 Å². The van der Waals surface area contributed by atoms with Crippen LogP contribution in [0.3, 0.4) is 0 Å². The molecule has 4 nitrogen and oxygen atoms in total. The summed E-state index contributed by atoms with van der Waals surface area (Å²) in [4.78, 5) is 11.3. The number of hydrazine groups is 1. The maximum absolute atomic E-state index is 11.3. The molecule has 0 heterocycles. The lowest BCUT2D eigenvalue weighted by Crippen LogP contribution is -2.46. The Kier molecular flexibility index (Phi) is 6.81. The molecule has 0 fully saturated rings. The van der Waals surface area contributed by atoms with Crippen LogP contribution in [0, 0.1) is 0 Å². The van der Waals surface area contributed by atoms with Crippen LogP contribution in [0.5, 0.6) is 0 Å². The van der Waals surface area contributed by atoms with Crippen molar-refractivity contribution < 1.29 is 9.53 Å². The van der Waals surface area contributed by atoms with Crippen LogP contribution in [0.4, 0.5) is 4.79 Å². The van der Waals surface area contributed by atoms with E-state index in [2.05, 4.69) is 24.4 Å². The first-order chi connectivity index (χ1) is 7.39. The van der Waals surface area contributed by atoms with E-state index in [1.807, 2.05) is 26.8 Å². The lowest BCUT2D eigenvalue weighted by molar-refractivity contribution is 0.0486. The molecule has 0 aliphatic carbocycles. The van der Waals surface area contributed by atoms with E-state index in [0.717, 1.165) is 19.3 Å². The molecule has 0 rings (SSSR count). The van der Waals surface area contributed by atoms with E-state index in [-0.39, 0.29) is 6.04 Å². The SMILES string of the molecule is C=CCC(CCC)NNC(=O)OC(C)(C)C. The van der Waals surface area contributed by atoms with Gasteiger partial charge in [-0.2, -0.15) is 0 Å². The van der Waals surface area contributed by atoms with E-state index in [0.29, 0.717) is 0 Å². The molecule has 0 aromatic heterocycles. The Hall–Kier alpha value is -1.03. The van der Waals surface area contributed by atoms with Gasteiger partial charge in [0.25, 0.3) is 0 Å². The van der Waals surface area contributed by atoms with Crippen molar-refractivity contribution in [2.24, 2.45) is 0 Å². The maximum atomic E-state index is 11.3. The summed E-state index contributed by atoms with van der Waals surface area (Å²) in [6, 6.07) is 0.218. The van der Waals surface area contributed by atoms with E-state index in [1.165, 1.54) is 0 Å². The minimum atomic E-state index is -0.468. The highest BCUT2D eigenvalue weighted by Crippen LogP contribution is 2.06. The number of hydrogen-bond donors (Lipinski definition) is 2. The molecule has 0 aliphatic rings. The van der Waals surface area contributed by atoms with Gasteiger partial charge in [-0.05, 0) is 33.6 Å². The van der Waals surface area contributed by atoms with Crippen molar-refractivity contribution in [2.75, 3.05) is 0 Å². The van der Waals surface area contributed by atoms with Crippen LogP contribution in [0.25, 0.3) is 0 Å². The molecule has 1 amide bonds. The molecule has 0 aliphatic heterocycles. The van der Waals surface area contributed by atoms with Crippen LogP contribution in [0.1, 0.15) is 47.0 Å². The highest BCUT2D eigenvalue weighted by atomic mass is 16.6. The van der Waals surface area contributed by atoms with Crippen LogP contribution in [0.15, 0.2) is 12.7 Å². The fourth-order valence-corrected chi connectivity index (χ4v) is 1.26. The summed E-state index contributed by atoms with van der Waals surface area (Å²) in [7, 11) is 0. The topological polar surface area (TPSA) is 50.4 Å². The van der Waals surface area contributed by atoms with Gasteiger partial charge in [0.1, 0.15) is 5.60 Å². The second kappa shape index (κ2) is 7.28. The zero-order valence-electron chi connectivity index (χ0n) is 10.8. The Morgan fingerprint density at radius 3 is 2.56 bits per heavy atom. The fraction of sp³-hybridized carbons (Fsp3) is 0.750. The van der Waals surface area contributed by atoms with Gasteiger partial charge >= 0.3 is 6.09 Å². The van der Waals surface area contributed by atoms with Crippen LogP contribution in [-0.4, -0.2) is 17.7 Å². The van der Waals surface area contributed by atoms with E-state index in [1.54, 1.807) is 0 Å². The molecule has 0 bridgehead atoms. The quantitative estimate of drug-likeness (QED) is 0.543. The molecular formula is C12H24N2O2. The number of hydrogen-bond acceptors (Lipinski definition) is 3. The summed E-state index contributed by atoms with van der Waals surface area (Å²) in [6.07, 6.45) is 4.26. The third kappa shape index (κ3) is 8.29. The number of carbonyl (C=O) groups excluding carboxylic acids is 1. The van der Waals surface area contributed by atoms with E-state index < -0.39 is 11.7 Å². The Balaban J connectivity index is 3.91. The Morgan fingerprint density at radius 2 is 2.12 bits per heavy atom. The number of rotatable bonds is 6. The molecule has 1 atom stereocenters. The molecule has 94 valence electrons. The minimum Gasteiger partial charge on any atom is -0.443 e. The van der Waals surface area contributed by atoms with Crippen molar-refractivity contribution in [3.8, 4) is 0 Å². The summed E-state index contributed by atoms with van der Waals surface area (Å²) < 4.78 is 5.11. The van der Waals surface area contributed by atoms with Gasteiger partial charge in [0.2, 0.25) is 0 Å². The smallest absolute Gasteiger partial charge is 0.422 e. The first-order valence-corrected chi connectivity index (χ1v) is 5.74. The third-order valence-electron chi connectivity index (χ3n) is 1.87. The van der Waals surface area contributed by atoms with Gasteiger partial charge in [-0.3, -0.25) is 5.43 Å². The predicted octanol–water partition coefficient (Wildman–Crippen LogP) is 2.76. The molecule has 0 spiro atoms. The molecule has 2 N–H and O–H groups in total. The van der Waals surface area contributed by atoms with Crippen LogP contribution in [-0.2, 0) is 4.74 Å². The number of ether oxygens (including phenoxy) is 1. The number of amides is 1. The first-order valence-electron chi connectivity index (χ1n) is 5.74. The molecule has 1 unspecified atom stereocenters. The largest absolute Gasteiger partial charge is 0.443 e. The minimum absolute atomic E-state index is 0.218. The van der Waals surface area contributed by atoms with Crippen molar-refractivity contribution >= 4 is 6.09 Å². The van der Waals surface area contributed by atoms with Crippen molar-refractivity contribution in [3.63, 3.8) is 0 Å². The lowest BCUT2D eigenvalue weighted by atomic mass is 10.1. The maximum Gasteiger partial charge on any atom is 0.422 e. The summed E-state index contributed by atoms with van der Waals surface area (Å²) in [5.74, 6) is 0. The summed E-state index contributed by atoms with van der Waals surface area (Å²) in [6.45, 7) is 11.3. The average molecular weight is 228 g/mol. The zero-order valence-corrected chi connectivity index (χ0v) is 10.8. The van der Waals surface area contributed by atoms with Crippen LogP contribution >= 0.6 is 0 Å². The van der Waals surface area contributed by atoms with E-state index >= 15 is 0 Å². The Bertz CT molecular complexity index is 222. The van der Waals surface area contributed by atoms with E-state index in [4.69, 9.17) is 4.74 Å². The van der Waals surface area contributed by atoms with Crippen molar-refractivity contribution in [3.05, 3.63) is 12.7 Å². The molecule has 4 heteroatoms. The second-order valence-electron chi connectivity index (χ2n) is 4.78. The molecule has 0 saturated carbocycles. The number of carbonyl (C=O) groups is 1. The van der Waals surface area contributed by atoms with Gasteiger partial charge in [0, 0.05) is 6.04 Å². The van der Waals surface area contributed by atoms with Crippen molar-refractivity contribution in [1.82, 2.24) is 10.9 Å². The predicted molar refractivity (Wildman–Crippen MR) is 66.0 cm³/mol. The summed E-state index contributed by atoms with van der Waals surface area (Å²) >= 11 is 0. The zero-order chi connectivity index (χ0) is 12.6. The van der Waals surface area contributed by atoms with Crippen molar-refractivity contribution in [1.29, 1.82) is 0 Å². The molecule has 0 radical (unpaired) electrons. The number of nitrogens with one attached hydrogen (secondary N) is 2. The molecule has 0 saturated heterocycles. The average Bonchev–Trinajstić information content (AvgIpc) is 2.12. The van der Waals surface area contributed by atoms with Gasteiger partial charge in [0.15, 0.2) is 0 Å². The Morgan fingerprint density at radius 1 is 1.50 bits per heavy atom. The first kappa shape index (κ1) is 15.0. The van der Waals surface area contributed by atoms with Gasteiger partial charge < -0.3 is 4.74 Å². The molecular weight excluding hydrogens is 204 g/mol. The van der Waals surface area contributed by atoms with Gasteiger partial charge in [0.05, 0.1) is 0 Å². The molecule has 16 heavy (non-hydrogen) atoms. The van der Waals surface area contributed by atoms with Crippen LogP contribution in [0.2, 0.25) is 0 Å². The Labute approximate surface area is 98.4 Å². The molecule has 0 aromatic rings. The highest BCUT2D eigenvalue weighted by molar-refractivity contribution is 5.67. The van der Waals surface area contributed by atoms with Crippen LogP contribution < -0.4 is 10.9 Å². The monoisotopic (exact) mass is 228 g/mol. The highest BCUT2D eigenvalue weighted by Gasteiger charge is 2.16. The molecule has 0 aromatic carbocycles. The summed E-state index contributed by atoms with van der Waals surface area (Å²) in [5.41, 5.74) is 5.03. The standard InChI is InChI=1S/C12H24N2O2/c1-6-8-10(9-7-2)13-14-11(15)16-12(3,4)5/h6,10,13H,1,7-9H2,2-5H3,(H,14,15). The summed E-state index contributed by atoms with van der Waals surface area (Å²) in [5, 5.41) is 0. The fourth-order valence-electron chi connectivity index (χ4n) is 1.26. The lowest BCUT2D eigenvalue weighted by Gasteiger charge is -2.22. The van der Waals surface area contributed by atoms with Gasteiger partial charge in [-0.1, -0.05) is 19.4 Å². The third-order valence-corrected chi connectivity index (χ3v) is 1.87. The second-order valence-corrected chi connectivity index (χ2v) is 4.78. The van der Waals surface area contributed by atoms with Gasteiger partial charge in [-0.15, -0.1) is 6.58 Å². The normalized spacial score (nSPS) is 13.0.